The lowest BCUT2D eigenvalue weighted by atomic mass is 10.2. The van der Waals surface area contributed by atoms with Gasteiger partial charge in [-0.05, 0) is 26.0 Å². The van der Waals surface area contributed by atoms with Crippen molar-refractivity contribution in [1.82, 2.24) is 19.5 Å². The summed E-state index contributed by atoms with van der Waals surface area (Å²) in [4.78, 5) is 26.2. The molecule has 12 nitrogen and oxygen atoms in total. The van der Waals surface area contributed by atoms with Crippen LogP contribution in [0.3, 0.4) is 0 Å². The summed E-state index contributed by atoms with van der Waals surface area (Å²) in [5.41, 5.74) is 0.252. The highest BCUT2D eigenvalue weighted by molar-refractivity contribution is 7.85. The number of aryl methyl sites for hydroxylation is 2. The van der Waals surface area contributed by atoms with Crippen LogP contribution < -0.4 is 4.90 Å². The lowest BCUT2D eigenvalue weighted by Gasteiger charge is -2.33. The van der Waals surface area contributed by atoms with E-state index in [-0.39, 0.29) is 22.4 Å². The van der Waals surface area contributed by atoms with Crippen LogP contribution in [0.4, 0.5) is 11.6 Å². The minimum Gasteiger partial charge on any atom is -0.377 e. The average molecular weight is 491 g/mol. The molecule has 1 fully saturated rings. The van der Waals surface area contributed by atoms with Crippen LogP contribution in [0.2, 0.25) is 0 Å². The SMILES string of the molecule is CCc1nccn1-c1nc(N2CCOC[C@@H]2C)nc(C)c1[N+](=O)[O-].O=S(=O)(O)c1ccccc1. The van der Waals surface area contributed by atoms with Gasteiger partial charge in [0.15, 0.2) is 0 Å². The first-order valence-corrected chi connectivity index (χ1v) is 12.0. The third-order valence-electron chi connectivity index (χ3n) is 5.14. The Kier molecular flexibility index (Phi) is 7.91. The third-order valence-corrected chi connectivity index (χ3v) is 6.01. The number of hydrogen-bond donors (Lipinski definition) is 1. The minimum atomic E-state index is -4.00. The molecule has 0 amide bonds. The van der Waals surface area contributed by atoms with Gasteiger partial charge in [0.25, 0.3) is 10.1 Å². The van der Waals surface area contributed by atoms with Gasteiger partial charge in [0.2, 0.25) is 11.8 Å². The van der Waals surface area contributed by atoms with E-state index in [1.165, 1.54) is 12.1 Å². The van der Waals surface area contributed by atoms with Crippen molar-refractivity contribution in [1.29, 1.82) is 0 Å². The maximum Gasteiger partial charge on any atom is 0.333 e. The Hall–Kier alpha value is -3.42. The van der Waals surface area contributed by atoms with Crippen molar-refractivity contribution in [2.45, 2.75) is 38.1 Å². The van der Waals surface area contributed by atoms with Gasteiger partial charge < -0.3 is 9.64 Å². The first kappa shape index (κ1) is 25.2. The average Bonchev–Trinajstić information content (AvgIpc) is 3.28. The van der Waals surface area contributed by atoms with Gasteiger partial charge >= 0.3 is 5.69 Å². The van der Waals surface area contributed by atoms with E-state index in [0.29, 0.717) is 37.8 Å². The Bertz CT molecular complexity index is 1250. The van der Waals surface area contributed by atoms with Crippen LogP contribution in [0.25, 0.3) is 5.82 Å². The molecule has 1 N–H and O–H groups in total. The van der Waals surface area contributed by atoms with E-state index >= 15 is 0 Å². The zero-order chi connectivity index (χ0) is 24.9. The third kappa shape index (κ3) is 5.73. The summed E-state index contributed by atoms with van der Waals surface area (Å²) < 4.78 is 36.4. The molecular weight excluding hydrogens is 464 g/mol. The number of benzene rings is 1. The zero-order valence-electron chi connectivity index (χ0n) is 19.0. The first-order chi connectivity index (χ1) is 16.1. The van der Waals surface area contributed by atoms with Gasteiger partial charge in [-0.25, -0.2) is 9.97 Å². The summed E-state index contributed by atoms with van der Waals surface area (Å²) in [7, 11) is -4.00. The molecule has 34 heavy (non-hydrogen) atoms. The number of imidazole rings is 1. The quantitative estimate of drug-likeness (QED) is 0.321. The van der Waals surface area contributed by atoms with Crippen molar-refractivity contribution in [3.8, 4) is 5.82 Å². The van der Waals surface area contributed by atoms with Gasteiger partial charge in [-0.2, -0.15) is 13.4 Å². The molecule has 2 aromatic heterocycles. The molecule has 0 spiro atoms. The summed E-state index contributed by atoms with van der Waals surface area (Å²) >= 11 is 0. The molecule has 0 radical (unpaired) electrons. The molecular formula is C21H26N6O6S. The fourth-order valence-electron chi connectivity index (χ4n) is 3.45. The Labute approximate surface area is 197 Å². The lowest BCUT2D eigenvalue weighted by Crippen LogP contribution is -2.44. The van der Waals surface area contributed by atoms with E-state index in [4.69, 9.17) is 9.29 Å². The second kappa shape index (κ2) is 10.7. The largest absolute Gasteiger partial charge is 0.377 e. The number of nitro groups is 1. The van der Waals surface area contributed by atoms with E-state index in [0.717, 1.165) is 5.82 Å². The predicted octanol–water partition coefficient (Wildman–Crippen LogP) is 2.60. The Morgan fingerprint density at radius 1 is 1.26 bits per heavy atom. The fourth-order valence-corrected chi connectivity index (χ4v) is 3.95. The molecule has 1 saturated heterocycles. The Morgan fingerprint density at radius 2 is 1.97 bits per heavy atom. The van der Waals surface area contributed by atoms with Crippen LogP contribution in [0.5, 0.6) is 0 Å². The molecule has 0 saturated carbocycles. The molecule has 4 rings (SSSR count). The monoisotopic (exact) mass is 490 g/mol. The number of hydrogen-bond acceptors (Lipinski definition) is 9. The Balaban J connectivity index is 0.000000271. The minimum absolute atomic E-state index is 0.0741. The van der Waals surface area contributed by atoms with E-state index in [1.807, 2.05) is 18.7 Å². The number of anilines is 1. The molecule has 3 heterocycles. The van der Waals surface area contributed by atoms with Crippen molar-refractivity contribution in [2.75, 3.05) is 24.7 Å². The van der Waals surface area contributed by atoms with E-state index < -0.39 is 15.0 Å². The smallest absolute Gasteiger partial charge is 0.333 e. The van der Waals surface area contributed by atoms with Crippen LogP contribution in [0.1, 0.15) is 25.4 Å². The summed E-state index contributed by atoms with van der Waals surface area (Å²) in [6.45, 7) is 7.44. The maximum absolute atomic E-state index is 11.5. The van der Waals surface area contributed by atoms with E-state index in [1.54, 1.807) is 42.1 Å². The second-order valence-electron chi connectivity index (χ2n) is 7.51. The number of aromatic nitrogens is 4. The molecule has 3 aromatic rings. The van der Waals surface area contributed by atoms with Gasteiger partial charge in [0.05, 0.1) is 29.1 Å². The van der Waals surface area contributed by atoms with Crippen molar-refractivity contribution in [3.63, 3.8) is 0 Å². The van der Waals surface area contributed by atoms with Crippen LogP contribution in [-0.2, 0) is 21.3 Å². The molecule has 1 aromatic carbocycles. The normalized spacial score (nSPS) is 16.0. The highest BCUT2D eigenvalue weighted by Crippen LogP contribution is 2.28. The van der Waals surface area contributed by atoms with Crippen LogP contribution >= 0.6 is 0 Å². The molecule has 182 valence electrons. The molecule has 1 atom stereocenters. The van der Waals surface area contributed by atoms with Gasteiger partial charge in [-0.15, -0.1) is 0 Å². The van der Waals surface area contributed by atoms with Gasteiger partial charge in [-0.3, -0.25) is 19.2 Å². The molecule has 1 aliphatic rings. The van der Waals surface area contributed by atoms with Gasteiger partial charge in [0.1, 0.15) is 11.5 Å². The summed E-state index contributed by atoms with van der Waals surface area (Å²) in [5, 5.41) is 11.5. The van der Waals surface area contributed by atoms with Crippen LogP contribution in [-0.4, -0.2) is 63.2 Å². The topological polar surface area (TPSA) is 154 Å². The van der Waals surface area contributed by atoms with Crippen molar-refractivity contribution < 1.29 is 22.6 Å². The molecule has 1 aliphatic heterocycles. The van der Waals surface area contributed by atoms with Crippen LogP contribution in [0, 0.1) is 17.0 Å². The molecule has 0 unspecified atom stereocenters. The van der Waals surface area contributed by atoms with Crippen molar-refractivity contribution in [3.05, 3.63) is 64.4 Å². The van der Waals surface area contributed by atoms with Gasteiger partial charge in [-0.1, -0.05) is 25.1 Å². The van der Waals surface area contributed by atoms with Crippen molar-refractivity contribution in [2.24, 2.45) is 0 Å². The summed E-state index contributed by atoms with van der Waals surface area (Å²) in [6, 6.07) is 7.53. The lowest BCUT2D eigenvalue weighted by molar-refractivity contribution is -0.385. The maximum atomic E-state index is 11.5. The van der Waals surface area contributed by atoms with Crippen LogP contribution in [0.15, 0.2) is 47.6 Å². The Morgan fingerprint density at radius 3 is 2.53 bits per heavy atom. The van der Waals surface area contributed by atoms with E-state index in [2.05, 4.69) is 15.0 Å². The molecule has 0 aliphatic carbocycles. The zero-order valence-corrected chi connectivity index (χ0v) is 19.8. The van der Waals surface area contributed by atoms with E-state index in [9.17, 15) is 18.5 Å². The fraction of sp³-hybridized carbons (Fsp3) is 0.381. The highest BCUT2D eigenvalue weighted by atomic mass is 32.2. The van der Waals surface area contributed by atoms with Gasteiger partial charge in [0, 0.05) is 25.4 Å². The number of nitrogens with zero attached hydrogens (tertiary/aromatic N) is 6. The molecule has 0 bridgehead atoms. The number of rotatable bonds is 5. The number of ether oxygens (including phenoxy) is 1. The first-order valence-electron chi connectivity index (χ1n) is 10.6. The molecule has 13 heteroatoms. The number of morpholine rings is 1. The summed E-state index contributed by atoms with van der Waals surface area (Å²) in [5.74, 6) is 1.47. The second-order valence-corrected chi connectivity index (χ2v) is 8.93. The standard InChI is InChI=1S/C15H20N6O3.C6H6O3S/c1-4-12-16-5-6-20(12)14-13(21(22)23)11(3)17-15(18-14)19-7-8-24-9-10(19)2;7-10(8,9)6-4-2-1-3-5-6/h5-6,10H,4,7-9H2,1-3H3;1-5H,(H,7,8,9)/t10-;/m0./s1. The summed E-state index contributed by atoms with van der Waals surface area (Å²) in [6.07, 6.45) is 3.97. The highest BCUT2D eigenvalue weighted by Gasteiger charge is 2.28. The van der Waals surface area contributed by atoms with Crippen molar-refractivity contribution >= 4 is 21.8 Å². The predicted molar refractivity (Wildman–Crippen MR) is 124 cm³/mol.